The zero-order valence-corrected chi connectivity index (χ0v) is 16.8. The van der Waals surface area contributed by atoms with Gasteiger partial charge in [-0.25, -0.2) is 9.97 Å². The number of carboxylic acid groups (broad SMARTS) is 1. The zero-order chi connectivity index (χ0) is 19.7. The van der Waals surface area contributed by atoms with Gasteiger partial charge < -0.3 is 14.7 Å². The Bertz CT molecular complexity index is 989. The van der Waals surface area contributed by atoms with Crippen molar-refractivity contribution >= 4 is 33.3 Å². The first kappa shape index (κ1) is 18.8. The normalized spacial score (nSPS) is 19.9. The summed E-state index contributed by atoms with van der Waals surface area (Å²) in [6.45, 7) is 3.67. The summed E-state index contributed by atoms with van der Waals surface area (Å²) in [7, 11) is 1.63. The Morgan fingerprint density at radius 3 is 2.79 bits per heavy atom. The second-order valence-electron chi connectivity index (χ2n) is 7.37. The molecule has 0 radical (unpaired) electrons. The number of nitrogens with zero attached hydrogens (tertiary/aromatic N) is 3. The number of ether oxygens (including phenoxy) is 1. The van der Waals surface area contributed by atoms with Crippen LogP contribution in [0.2, 0.25) is 0 Å². The summed E-state index contributed by atoms with van der Waals surface area (Å²) in [5.41, 5.74) is 2.20. The molecule has 2 aromatic heterocycles. The van der Waals surface area contributed by atoms with E-state index in [1.54, 1.807) is 18.4 Å². The lowest BCUT2D eigenvalue weighted by Crippen LogP contribution is -2.43. The molecule has 3 heterocycles. The van der Waals surface area contributed by atoms with Gasteiger partial charge in [-0.3, -0.25) is 4.79 Å². The van der Waals surface area contributed by atoms with Crippen molar-refractivity contribution in [3.8, 4) is 11.1 Å². The fraction of sp³-hybridized carbons (Fsp3) is 0.381. The van der Waals surface area contributed by atoms with Crippen LogP contribution in [-0.2, 0) is 16.1 Å². The monoisotopic (exact) mass is 397 g/mol. The Morgan fingerprint density at radius 1 is 1.29 bits per heavy atom. The quantitative estimate of drug-likeness (QED) is 0.700. The third-order valence-electron chi connectivity index (χ3n) is 5.13. The van der Waals surface area contributed by atoms with Gasteiger partial charge in [0.2, 0.25) is 0 Å². The minimum Gasteiger partial charge on any atom is -0.481 e. The highest BCUT2D eigenvalue weighted by atomic mass is 32.1. The van der Waals surface area contributed by atoms with Crippen LogP contribution < -0.4 is 4.90 Å². The number of anilines is 1. The predicted octanol–water partition coefficient (Wildman–Crippen LogP) is 4.05. The third-order valence-corrected chi connectivity index (χ3v) is 6.00. The number of carboxylic acids is 1. The molecule has 2 unspecified atom stereocenters. The molecular formula is C21H23N3O3S. The molecule has 1 aliphatic heterocycles. The van der Waals surface area contributed by atoms with Crippen molar-refractivity contribution in [2.75, 3.05) is 25.1 Å². The number of methoxy groups -OCH3 is 1. The van der Waals surface area contributed by atoms with Crippen LogP contribution >= 0.6 is 11.3 Å². The van der Waals surface area contributed by atoms with Gasteiger partial charge in [0.15, 0.2) is 5.82 Å². The molecular weight excluding hydrogens is 374 g/mol. The van der Waals surface area contributed by atoms with Crippen LogP contribution in [0.25, 0.3) is 21.3 Å². The summed E-state index contributed by atoms with van der Waals surface area (Å²) < 4.78 is 5.26. The Labute approximate surface area is 167 Å². The van der Waals surface area contributed by atoms with Crippen LogP contribution in [0.1, 0.15) is 19.2 Å². The van der Waals surface area contributed by atoms with E-state index < -0.39 is 11.9 Å². The molecule has 1 aromatic carbocycles. The summed E-state index contributed by atoms with van der Waals surface area (Å²) >= 11 is 1.59. The molecule has 28 heavy (non-hydrogen) atoms. The van der Waals surface area contributed by atoms with Gasteiger partial charge in [0.05, 0.1) is 11.3 Å². The van der Waals surface area contributed by atoms with Crippen molar-refractivity contribution in [2.24, 2.45) is 11.8 Å². The van der Waals surface area contributed by atoms with E-state index in [1.807, 2.05) is 18.2 Å². The summed E-state index contributed by atoms with van der Waals surface area (Å²) in [5, 5.41) is 12.7. The molecule has 6 nitrogen and oxygen atoms in total. The Morgan fingerprint density at radius 2 is 2.07 bits per heavy atom. The average Bonchev–Trinajstić information content (AvgIpc) is 3.12. The van der Waals surface area contributed by atoms with E-state index in [4.69, 9.17) is 9.72 Å². The van der Waals surface area contributed by atoms with Gasteiger partial charge in [0, 0.05) is 31.1 Å². The van der Waals surface area contributed by atoms with Gasteiger partial charge in [-0.05, 0) is 17.9 Å². The molecule has 0 aliphatic carbocycles. The lowest BCUT2D eigenvalue weighted by molar-refractivity contribution is -0.142. The zero-order valence-electron chi connectivity index (χ0n) is 16.0. The molecule has 4 rings (SSSR count). The van der Waals surface area contributed by atoms with Gasteiger partial charge in [-0.15, -0.1) is 11.3 Å². The molecule has 1 saturated heterocycles. The van der Waals surface area contributed by atoms with Gasteiger partial charge in [0.1, 0.15) is 17.3 Å². The number of aromatic nitrogens is 2. The Balaban J connectivity index is 1.87. The lowest BCUT2D eigenvalue weighted by atomic mass is 9.90. The maximum absolute atomic E-state index is 11.7. The van der Waals surface area contributed by atoms with E-state index in [9.17, 15) is 9.90 Å². The number of thiophene rings is 1. The molecule has 0 bridgehead atoms. The summed E-state index contributed by atoms with van der Waals surface area (Å²) in [5.74, 6) is 0.585. The molecule has 0 spiro atoms. The highest BCUT2D eigenvalue weighted by molar-refractivity contribution is 7.17. The fourth-order valence-electron chi connectivity index (χ4n) is 3.92. The maximum Gasteiger partial charge on any atom is 0.308 e. The van der Waals surface area contributed by atoms with E-state index in [0.29, 0.717) is 25.4 Å². The third kappa shape index (κ3) is 3.59. The molecule has 0 amide bonds. The van der Waals surface area contributed by atoms with Crippen LogP contribution in [0.5, 0.6) is 0 Å². The standard InChI is InChI=1S/C21H23N3O3S/c1-13-8-15(21(25)26)10-24(9-13)19-18-16(14-6-4-3-5-7-14)12-28-20(18)23-17(22-19)11-27-2/h3-7,12-13,15H,8-11H2,1-2H3,(H,25,26). The van der Waals surface area contributed by atoms with Gasteiger partial charge in [-0.1, -0.05) is 37.3 Å². The van der Waals surface area contributed by atoms with Crippen molar-refractivity contribution < 1.29 is 14.6 Å². The number of piperidine rings is 1. The number of carbonyl (C=O) groups is 1. The van der Waals surface area contributed by atoms with Crippen molar-refractivity contribution in [1.29, 1.82) is 0 Å². The Kier molecular flexibility index (Phi) is 5.28. The van der Waals surface area contributed by atoms with E-state index in [2.05, 4.69) is 34.3 Å². The molecule has 0 saturated carbocycles. The average molecular weight is 398 g/mol. The lowest BCUT2D eigenvalue weighted by Gasteiger charge is -2.36. The number of hydrogen-bond acceptors (Lipinski definition) is 6. The van der Waals surface area contributed by atoms with E-state index in [-0.39, 0.29) is 5.92 Å². The fourth-order valence-corrected chi connectivity index (χ4v) is 4.88. The predicted molar refractivity (Wildman–Crippen MR) is 111 cm³/mol. The van der Waals surface area contributed by atoms with Crippen LogP contribution in [0, 0.1) is 11.8 Å². The van der Waals surface area contributed by atoms with Gasteiger partial charge >= 0.3 is 5.97 Å². The Hall–Kier alpha value is -2.51. The topological polar surface area (TPSA) is 75.5 Å². The van der Waals surface area contributed by atoms with Crippen molar-refractivity contribution in [3.05, 3.63) is 41.5 Å². The first-order valence-electron chi connectivity index (χ1n) is 9.37. The molecule has 1 fully saturated rings. The number of hydrogen-bond donors (Lipinski definition) is 1. The highest BCUT2D eigenvalue weighted by Crippen LogP contribution is 2.40. The number of benzene rings is 1. The summed E-state index contributed by atoms with van der Waals surface area (Å²) in [6, 6.07) is 10.2. The van der Waals surface area contributed by atoms with Crippen LogP contribution in [0.4, 0.5) is 5.82 Å². The highest BCUT2D eigenvalue weighted by Gasteiger charge is 2.32. The first-order valence-corrected chi connectivity index (χ1v) is 10.2. The van der Waals surface area contributed by atoms with Crippen molar-refractivity contribution in [1.82, 2.24) is 9.97 Å². The molecule has 146 valence electrons. The van der Waals surface area contributed by atoms with E-state index in [0.717, 1.165) is 33.7 Å². The number of aliphatic carboxylic acids is 1. The first-order chi connectivity index (χ1) is 13.6. The van der Waals surface area contributed by atoms with Crippen LogP contribution in [0.3, 0.4) is 0 Å². The minimum atomic E-state index is -0.743. The smallest absolute Gasteiger partial charge is 0.308 e. The van der Waals surface area contributed by atoms with Gasteiger partial charge in [-0.2, -0.15) is 0 Å². The van der Waals surface area contributed by atoms with Crippen LogP contribution in [0.15, 0.2) is 35.7 Å². The minimum absolute atomic E-state index is 0.282. The molecule has 2 atom stereocenters. The van der Waals surface area contributed by atoms with Crippen molar-refractivity contribution in [3.63, 3.8) is 0 Å². The second kappa shape index (κ2) is 7.85. The number of fused-ring (bicyclic) bond motifs is 1. The second-order valence-corrected chi connectivity index (χ2v) is 8.23. The number of rotatable bonds is 5. The van der Waals surface area contributed by atoms with Crippen molar-refractivity contribution in [2.45, 2.75) is 20.0 Å². The summed E-state index contributed by atoms with van der Waals surface area (Å²) in [4.78, 5) is 24.2. The maximum atomic E-state index is 11.7. The van der Waals surface area contributed by atoms with Crippen LogP contribution in [-0.4, -0.2) is 41.2 Å². The largest absolute Gasteiger partial charge is 0.481 e. The summed E-state index contributed by atoms with van der Waals surface area (Å²) in [6.07, 6.45) is 0.695. The SMILES string of the molecule is COCc1nc(N2CC(C)CC(C(=O)O)C2)c2c(-c3ccccc3)csc2n1. The van der Waals surface area contributed by atoms with E-state index >= 15 is 0 Å². The molecule has 3 aromatic rings. The molecule has 1 aliphatic rings. The van der Waals surface area contributed by atoms with E-state index in [1.165, 1.54) is 0 Å². The molecule has 7 heteroatoms. The molecule has 1 N–H and O–H groups in total. The van der Waals surface area contributed by atoms with Gasteiger partial charge in [0.25, 0.3) is 0 Å².